The van der Waals surface area contributed by atoms with Crippen LogP contribution >= 0.6 is 0 Å². The summed E-state index contributed by atoms with van der Waals surface area (Å²) in [4.78, 5) is 27.9. The highest BCUT2D eigenvalue weighted by Crippen LogP contribution is 2.20. The standard InChI is InChI=1S/C16H17N3O2/c20-15(19-11-4-2-1-3-5-11)9-7-12-6-8-13-14(18-12)10-17-16(13)21/h1-5,8,12H,6-7,9-10H2,(H,17,21)(H,19,20). The normalized spacial score (nSPS) is 20.2. The molecule has 0 spiro atoms. The highest BCUT2D eigenvalue weighted by molar-refractivity contribution is 6.27. The Kier molecular flexibility index (Phi) is 3.81. The molecule has 1 unspecified atom stereocenters. The first-order chi connectivity index (χ1) is 10.2. The summed E-state index contributed by atoms with van der Waals surface area (Å²) in [6.45, 7) is 0.511. The third-order valence-corrected chi connectivity index (χ3v) is 3.67. The molecule has 1 fully saturated rings. The Morgan fingerprint density at radius 3 is 2.95 bits per heavy atom. The van der Waals surface area contributed by atoms with Crippen LogP contribution in [0.5, 0.6) is 0 Å². The molecule has 5 nitrogen and oxygen atoms in total. The zero-order valence-corrected chi connectivity index (χ0v) is 11.6. The predicted molar refractivity (Wildman–Crippen MR) is 81.2 cm³/mol. The highest BCUT2D eigenvalue weighted by atomic mass is 16.2. The number of hydrogen-bond donors (Lipinski definition) is 2. The number of benzene rings is 1. The molecule has 2 aliphatic rings. The minimum atomic E-state index is -0.0333. The minimum Gasteiger partial charge on any atom is -0.346 e. The zero-order chi connectivity index (χ0) is 14.7. The van der Waals surface area contributed by atoms with Crippen LogP contribution < -0.4 is 10.6 Å². The lowest BCUT2D eigenvalue weighted by molar-refractivity contribution is -0.117. The number of carbonyl (C=O) groups excluding carboxylic acids is 2. The van der Waals surface area contributed by atoms with Gasteiger partial charge in [-0.05, 0) is 25.0 Å². The Balaban J connectivity index is 1.50. The van der Waals surface area contributed by atoms with E-state index in [1.54, 1.807) is 0 Å². The largest absolute Gasteiger partial charge is 0.346 e. The van der Waals surface area contributed by atoms with Crippen LogP contribution in [0.2, 0.25) is 0 Å². The van der Waals surface area contributed by atoms with Crippen molar-refractivity contribution in [2.75, 3.05) is 11.9 Å². The van der Waals surface area contributed by atoms with Gasteiger partial charge in [0, 0.05) is 12.1 Å². The summed E-state index contributed by atoms with van der Waals surface area (Å²) in [7, 11) is 0. The van der Waals surface area contributed by atoms with Gasteiger partial charge in [-0.15, -0.1) is 0 Å². The van der Waals surface area contributed by atoms with Crippen molar-refractivity contribution in [2.24, 2.45) is 4.99 Å². The van der Waals surface area contributed by atoms with Crippen molar-refractivity contribution in [3.63, 3.8) is 0 Å². The molecule has 2 heterocycles. The Bertz CT molecular complexity index is 620. The lowest BCUT2D eigenvalue weighted by atomic mass is 10.0. The molecule has 0 aromatic heterocycles. The maximum atomic E-state index is 11.9. The number of hydrogen-bond acceptors (Lipinski definition) is 3. The molecule has 3 rings (SSSR count). The van der Waals surface area contributed by atoms with E-state index in [9.17, 15) is 9.59 Å². The number of aliphatic imine (C=N–C) groups is 1. The summed E-state index contributed by atoms with van der Waals surface area (Å²) in [5.41, 5.74) is 2.35. The molecule has 21 heavy (non-hydrogen) atoms. The SMILES string of the molecule is O=C(CCC1CC=C2C(=O)NCC2=N1)Nc1ccccc1. The molecule has 1 aromatic carbocycles. The van der Waals surface area contributed by atoms with Crippen LogP contribution in [0.3, 0.4) is 0 Å². The van der Waals surface area contributed by atoms with Gasteiger partial charge >= 0.3 is 0 Å². The van der Waals surface area contributed by atoms with Crippen molar-refractivity contribution >= 4 is 23.2 Å². The fourth-order valence-electron chi connectivity index (χ4n) is 2.56. The fraction of sp³-hybridized carbons (Fsp3) is 0.312. The molecule has 2 aliphatic heterocycles. The number of nitrogens with one attached hydrogen (secondary N) is 2. The number of rotatable bonds is 4. The summed E-state index contributed by atoms with van der Waals surface area (Å²) in [5.74, 6) is -0.0363. The van der Waals surface area contributed by atoms with Crippen molar-refractivity contribution < 1.29 is 9.59 Å². The number of anilines is 1. The lowest BCUT2D eigenvalue weighted by Crippen LogP contribution is -2.19. The van der Waals surface area contributed by atoms with E-state index in [-0.39, 0.29) is 17.9 Å². The molecule has 5 heteroatoms. The van der Waals surface area contributed by atoms with Crippen molar-refractivity contribution in [1.29, 1.82) is 0 Å². The van der Waals surface area contributed by atoms with Gasteiger partial charge in [-0.3, -0.25) is 14.6 Å². The van der Waals surface area contributed by atoms with Gasteiger partial charge in [-0.2, -0.15) is 0 Å². The molecule has 108 valence electrons. The molecule has 0 radical (unpaired) electrons. The summed E-state index contributed by atoms with van der Waals surface area (Å²) in [5, 5.41) is 5.63. The number of carbonyl (C=O) groups is 2. The van der Waals surface area contributed by atoms with Crippen molar-refractivity contribution in [3.05, 3.63) is 42.0 Å². The number of nitrogens with zero attached hydrogens (tertiary/aromatic N) is 1. The molecule has 0 bridgehead atoms. The quantitative estimate of drug-likeness (QED) is 0.882. The monoisotopic (exact) mass is 283 g/mol. The van der Waals surface area contributed by atoms with Gasteiger partial charge in [0.1, 0.15) is 0 Å². The molecule has 0 saturated carbocycles. The number of fused-ring (bicyclic) bond motifs is 1. The summed E-state index contributed by atoms with van der Waals surface area (Å²) in [6.07, 6.45) is 3.79. The smallest absolute Gasteiger partial charge is 0.253 e. The Morgan fingerprint density at radius 2 is 2.14 bits per heavy atom. The van der Waals surface area contributed by atoms with Crippen LogP contribution in [-0.2, 0) is 9.59 Å². The average Bonchev–Trinajstić information content (AvgIpc) is 2.87. The van der Waals surface area contributed by atoms with E-state index < -0.39 is 0 Å². The van der Waals surface area contributed by atoms with Crippen molar-refractivity contribution in [3.8, 4) is 0 Å². The molecule has 0 aliphatic carbocycles. The van der Waals surface area contributed by atoms with Crippen molar-refractivity contribution in [2.45, 2.75) is 25.3 Å². The van der Waals surface area contributed by atoms with Crippen LogP contribution in [0.4, 0.5) is 5.69 Å². The van der Waals surface area contributed by atoms with Gasteiger partial charge < -0.3 is 10.6 Å². The summed E-state index contributed by atoms with van der Waals surface area (Å²) >= 11 is 0. The molecule has 2 amide bonds. The highest BCUT2D eigenvalue weighted by Gasteiger charge is 2.27. The first-order valence-electron chi connectivity index (χ1n) is 7.12. The molecule has 2 N–H and O–H groups in total. The number of para-hydroxylation sites is 1. The lowest BCUT2D eigenvalue weighted by Gasteiger charge is -2.15. The second kappa shape index (κ2) is 5.91. The second-order valence-corrected chi connectivity index (χ2v) is 5.22. The van der Waals surface area contributed by atoms with E-state index in [2.05, 4.69) is 15.6 Å². The van der Waals surface area contributed by atoms with Crippen LogP contribution in [0.25, 0.3) is 0 Å². The number of amides is 2. The topological polar surface area (TPSA) is 70.6 Å². The minimum absolute atomic E-state index is 0.00296. The van der Waals surface area contributed by atoms with Gasteiger partial charge in [0.15, 0.2) is 0 Å². The van der Waals surface area contributed by atoms with Crippen LogP contribution in [-0.4, -0.2) is 30.1 Å². The first kappa shape index (κ1) is 13.5. The molecule has 1 aromatic rings. The zero-order valence-electron chi connectivity index (χ0n) is 11.6. The van der Waals surface area contributed by atoms with Crippen LogP contribution in [0.15, 0.2) is 47.0 Å². The van der Waals surface area contributed by atoms with E-state index in [0.717, 1.165) is 17.8 Å². The third kappa shape index (κ3) is 3.18. The Morgan fingerprint density at radius 1 is 1.33 bits per heavy atom. The van der Waals surface area contributed by atoms with E-state index in [0.29, 0.717) is 25.0 Å². The van der Waals surface area contributed by atoms with Gasteiger partial charge in [0.25, 0.3) is 5.91 Å². The summed E-state index contributed by atoms with van der Waals surface area (Å²) in [6, 6.07) is 9.51. The fourth-order valence-corrected chi connectivity index (χ4v) is 2.56. The maximum Gasteiger partial charge on any atom is 0.253 e. The number of dihydropyridines is 1. The van der Waals surface area contributed by atoms with E-state index in [4.69, 9.17) is 0 Å². The molecule has 1 atom stereocenters. The molecular formula is C16H17N3O2. The Hall–Kier alpha value is -2.43. The first-order valence-corrected chi connectivity index (χ1v) is 7.12. The predicted octanol–water partition coefficient (Wildman–Crippen LogP) is 1.67. The maximum absolute atomic E-state index is 11.9. The molecular weight excluding hydrogens is 266 g/mol. The van der Waals surface area contributed by atoms with Crippen molar-refractivity contribution in [1.82, 2.24) is 5.32 Å². The molecule has 1 saturated heterocycles. The summed E-state index contributed by atoms with van der Waals surface area (Å²) < 4.78 is 0. The average molecular weight is 283 g/mol. The van der Waals surface area contributed by atoms with Gasteiger partial charge in [0.05, 0.1) is 23.9 Å². The third-order valence-electron chi connectivity index (χ3n) is 3.67. The van der Waals surface area contributed by atoms with E-state index in [1.165, 1.54) is 0 Å². The Labute approximate surface area is 123 Å². The second-order valence-electron chi connectivity index (χ2n) is 5.22. The van der Waals surface area contributed by atoms with Crippen LogP contribution in [0, 0.1) is 0 Å². The van der Waals surface area contributed by atoms with Gasteiger partial charge in [-0.25, -0.2) is 0 Å². The van der Waals surface area contributed by atoms with E-state index >= 15 is 0 Å². The van der Waals surface area contributed by atoms with Crippen LogP contribution in [0.1, 0.15) is 19.3 Å². The van der Waals surface area contributed by atoms with E-state index in [1.807, 2.05) is 36.4 Å². The van der Waals surface area contributed by atoms with Gasteiger partial charge in [0.2, 0.25) is 5.91 Å². The van der Waals surface area contributed by atoms with Gasteiger partial charge in [-0.1, -0.05) is 24.3 Å².